The molecule has 0 radical (unpaired) electrons. The Morgan fingerprint density at radius 2 is 2.15 bits per heavy atom. The third-order valence-electron chi connectivity index (χ3n) is 5.22. The van der Waals surface area contributed by atoms with Gasteiger partial charge in [-0.05, 0) is 38.3 Å². The molecule has 1 unspecified atom stereocenters. The van der Waals surface area contributed by atoms with E-state index < -0.39 is 5.41 Å². The first-order valence-corrected chi connectivity index (χ1v) is 7.31. The molecule has 3 heteroatoms. The van der Waals surface area contributed by atoms with Crippen LogP contribution in [0.3, 0.4) is 0 Å². The molecule has 2 heterocycles. The molecule has 1 N–H and O–H groups in total. The summed E-state index contributed by atoms with van der Waals surface area (Å²) in [7, 11) is 0. The Labute approximate surface area is 120 Å². The molecule has 1 atom stereocenters. The summed E-state index contributed by atoms with van der Waals surface area (Å²) in [5, 5.41) is 3.08. The van der Waals surface area contributed by atoms with Crippen molar-refractivity contribution in [3.05, 3.63) is 42.5 Å². The molecule has 1 aromatic rings. The van der Waals surface area contributed by atoms with Gasteiger partial charge in [0.25, 0.3) is 0 Å². The molecule has 0 aromatic heterocycles. The second-order valence-electron chi connectivity index (χ2n) is 6.28. The summed E-state index contributed by atoms with van der Waals surface area (Å²) in [6.07, 6.45) is 3.80. The van der Waals surface area contributed by atoms with E-state index >= 15 is 0 Å². The SMILES string of the molecule is C=CCCN1CCC2(C(=O)Nc3ccccc32)C1(C)C. The van der Waals surface area contributed by atoms with E-state index in [0.717, 1.165) is 37.2 Å². The maximum atomic E-state index is 12.7. The van der Waals surface area contributed by atoms with Crippen LogP contribution in [0.5, 0.6) is 0 Å². The third kappa shape index (κ3) is 1.53. The molecule has 2 aliphatic heterocycles. The number of rotatable bonds is 3. The maximum Gasteiger partial charge on any atom is 0.237 e. The molecule has 1 saturated heterocycles. The van der Waals surface area contributed by atoms with Crippen molar-refractivity contribution in [3.63, 3.8) is 0 Å². The summed E-state index contributed by atoms with van der Waals surface area (Å²) in [6.45, 7) is 10.1. The van der Waals surface area contributed by atoms with Crippen molar-refractivity contribution in [1.82, 2.24) is 4.90 Å². The molecule has 3 nitrogen and oxygen atoms in total. The summed E-state index contributed by atoms with van der Waals surface area (Å²) in [6, 6.07) is 8.12. The predicted octanol–water partition coefficient (Wildman–Crippen LogP) is 2.94. The van der Waals surface area contributed by atoms with Gasteiger partial charge in [-0.25, -0.2) is 0 Å². The highest BCUT2D eigenvalue weighted by atomic mass is 16.2. The van der Waals surface area contributed by atoms with Crippen LogP contribution in [0.25, 0.3) is 0 Å². The average molecular weight is 270 g/mol. The van der Waals surface area contributed by atoms with E-state index in [4.69, 9.17) is 0 Å². The number of anilines is 1. The van der Waals surface area contributed by atoms with Gasteiger partial charge in [0.05, 0.1) is 5.41 Å². The molecule has 2 aliphatic rings. The van der Waals surface area contributed by atoms with Gasteiger partial charge in [0, 0.05) is 24.3 Å². The molecule has 0 bridgehead atoms. The Bertz CT molecular complexity index is 564. The molecule has 106 valence electrons. The Morgan fingerprint density at radius 1 is 1.40 bits per heavy atom. The minimum Gasteiger partial charge on any atom is -0.325 e. The lowest BCUT2D eigenvalue weighted by molar-refractivity contribution is -0.123. The van der Waals surface area contributed by atoms with Crippen LogP contribution in [0.2, 0.25) is 0 Å². The van der Waals surface area contributed by atoms with Gasteiger partial charge in [0.15, 0.2) is 0 Å². The number of fused-ring (bicyclic) bond motifs is 2. The van der Waals surface area contributed by atoms with Crippen LogP contribution in [0, 0.1) is 0 Å². The second-order valence-corrected chi connectivity index (χ2v) is 6.28. The van der Waals surface area contributed by atoms with Gasteiger partial charge in [-0.1, -0.05) is 24.3 Å². The highest BCUT2D eigenvalue weighted by Crippen LogP contribution is 2.53. The molecular weight excluding hydrogens is 248 g/mol. The van der Waals surface area contributed by atoms with E-state index in [1.165, 1.54) is 0 Å². The van der Waals surface area contributed by atoms with E-state index in [9.17, 15) is 4.79 Å². The van der Waals surface area contributed by atoms with Gasteiger partial charge < -0.3 is 5.32 Å². The van der Waals surface area contributed by atoms with Crippen LogP contribution in [0.4, 0.5) is 5.69 Å². The molecule has 1 aromatic carbocycles. The lowest BCUT2D eigenvalue weighted by Crippen LogP contribution is -2.55. The first-order chi connectivity index (χ1) is 9.54. The summed E-state index contributed by atoms with van der Waals surface area (Å²) in [5.41, 5.74) is 1.56. The molecule has 1 amide bonds. The fourth-order valence-electron chi connectivity index (χ4n) is 3.97. The molecule has 0 aliphatic carbocycles. The number of amides is 1. The lowest BCUT2D eigenvalue weighted by atomic mass is 9.68. The van der Waals surface area contributed by atoms with E-state index in [1.807, 2.05) is 24.3 Å². The Hall–Kier alpha value is -1.61. The van der Waals surface area contributed by atoms with Gasteiger partial charge in [-0.3, -0.25) is 9.69 Å². The minimum atomic E-state index is -0.412. The van der Waals surface area contributed by atoms with Gasteiger partial charge in [0.1, 0.15) is 0 Å². The van der Waals surface area contributed by atoms with Crippen molar-refractivity contribution in [2.45, 2.75) is 37.6 Å². The Balaban J connectivity index is 2.05. The average Bonchev–Trinajstić information content (AvgIpc) is 2.86. The fourth-order valence-corrected chi connectivity index (χ4v) is 3.97. The van der Waals surface area contributed by atoms with Crippen LogP contribution in [0.15, 0.2) is 36.9 Å². The molecule has 1 fully saturated rings. The van der Waals surface area contributed by atoms with Crippen LogP contribution < -0.4 is 5.32 Å². The summed E-state index contributed by atoms with van der Waals surface area (Å²) < 4.78 is 0. The van der Waals surface area contributed by atoms with Crippen molar-refractivity contribution in [2.24, 2.45) is 0 Å². The van der Waals surface area contributed by atoms with Crippen molar-refractivity contribution >= 4 is 11.6 Å². The number of carbonyl (C=O) groups excluding carboxylic acids is 1. The number of nitrogens with zero attached hydrogens (tertiary/aromatic N) is 1. The van der Waals surface area contributed by atoms with Crippen molar-refractivity contribution in [2.75, 3.05) is 18.4 Å². The van der Waals surface area contributed by atoms with Gasteiger partial charge in [-0.15, -0.1) is 6.58 Å². The molecule has 1 spiro atoms. The predicted molar refractivity (Wildman–Crippen MR) is 81.8 cm³/mol. The van der Waals surface area contributed by atoms with E-state index in [-0.39, 0.29) is 11.4 Å². The largest absolute Gasteiger partial charge is 0.325 e. The topological polar surface area (TPSA) is 32.3 Å². The van der Waals surface area contributed by atoms with Crippen molar-refractivity contribution in [1.29, 1.82) is 0 Å². The fraction of sp³-hybridized carbons (Fsp3) is 0.471. The standard InChI is InChI=1S/C17H22N2O/c1-4-5-11-19-12-10-17(16(19,2)3)13-8-6-7-9-14(13)18-15(17)20/h4,6-9H,1,5,10-12H2,2-3H3,(H,18,20). The molecule has 3 rings (SSSR count). The van der Waals surface area contributed by atoms with Gasteiger partial charge in [-0.2, -0.15) is 0 Å². The van der Waals surface area contributed by atoms with Crippen LogP contribution in [-0.2, 0) is 10.2 Å². The first kappa shape index (κ1) is 13.4. The van der Waals surface area contributed by atoms with Crippen molar-refractivity contribution < 1.29 is 4.79 Å². The van der Waals surface area contributed by atoms with Crippen LogP contribution in [-0.4, -0.2) is 29.4 Å². The number of hydrogen-bond donors (Lipinski definition) is 1. The maximum absolute atomic E-state index is 12.7. The van der Waals surface area contributed by atoms with Crippen LogP contribution in [0.1, 0.15) is 32.3 Å². The van der Waals surface area contributed by atoms with Crippen molar-refractivity contribution in [3.8, 4) is 0 Å². The highest BCUT2D eigenvalue weighted by molar-refractivity contribution is 6.07. The molecule has 20 heavy (non-hydrogen) atoms. The highest BCUT2D eigenvalue weighted by Gasteiger charge is 2.61. The minimum absolute atomic E-state index is 0.157. The number of nitrogens with one attached hydrogen (secondary N) is 1. The Kier molecular flexibility index (Phi) is 2.98. The summed E-state index contributed by atoms with van der Waals surface area (Å²) in [5.74, 6) is 0.157. The molecule has 0 saturated carbocycles. The first-order valence-electron chi connectivity index (χ1n) is 7.31. The van der Waals surface area contributed by atoms with E-state index in [1.54, 1.807) is 0 Å². The summed E-state index contributed by atoms with van der Waals surface area (Å²) in [4.78, 5) is 15.2. The summed E-state index contributed by atoms with van der Waals surface area (Å²) >= 11 is 0. The number of hydrogen-bond acceptors (Lipinski definition) is 2. The second kappa shape index (κ2) is 4.45. The number of benzene rings is 1. The molecular formula is C17H22N2O. The number of carbonyl (C=O) groups is 1. The number of para-hydroxylation sites is 1. The zero-order chi connectivity index (χ0) is 14.4. The number of likely N-dealkylation sites (tertiary alicyclic amines) is 1. The normalized spacial score (nSPS) is 27.6. The quantitative estimate of drug-likeness (QED) is 0.857. The smallest absolute Gasteiger partial charge is 0.237 e. The van der Waals surface area contributed by atoms with E-state index in [2.05, 4.69) is 36.7 Å². The third-order valence-corrected chi connectivity index (χ3v) is 5.22. The van der Waals surface area contributed by atoms with Crippen LogP contribution >= 0.6 is 0 Å². The Morgan fingerprint density at radius 3 is 2.90 bits per heavy atom. The van der Waals surface area contributed by atoms with Gasteiger partial charge >= 0.3 is 0 Å². The lowest BCUT2D eigenvalue weighted by Gasteiger charge is -2.41. The zero-order valence-electron chi connectivity index (χ0n) is 12.3. The van der Waals surface area contributed by atoms with Gasteiger partial charge in [0.2, 0.25) is 5.91 Å². The monoisotopic (exact) mass is 270 g/mol. The van der Waals surface area contributed by atoms with E-state index in [0.29, 0.717) is 0 Å². The zero-order valence-corrected chi connectivity index (χ0v) is 12.3.